The monoisotopic (exact) mass is 1020 g/mol. The van der Waals surface area contributed by atoms with Gasteiger partial charge in [-0.2, -0.15) is 3.11 Å². The van der Waals surface area contributed by atoms with Crippen molar-refractivity contribution in [2.75, 3.05) is 0 Å². The molecule has 0 aromatic carbocycles. The van der Waals surface area contributed by atoms with E-state index in [1.807, 2.05) is 45.7 Å². The number of amides is 12. The number of rotatable bonds is 0. The number of carbonyl (C=O) groups excluding carboxylic acids is 8. The molecule has 16 nitrogen and oxygen atoms in total. The van der Waals surface area contributed by atoms with Crippen molar-refractivity contribution in [3.05, 3.63) is 0 Å². The SMILES string of the molecule is CC1(C)C(=O)N(I)C(=O)N1I.CC1(C)C(=O)NC(=O)N1I.CC1(C)NC(=O)N(I)C1=O.CC1(C)NC(=O)NC1=O. The van der Waals surface area contributed by atoms with Crippen molar-refractivity contribution < 1.29 is 38.4 Å². The molecule has 224 valence electrons. The predicted octanol–water partition coefficient (Wildman–Crippen LogP) is 2.67. The third-order valence-corrected chi connectivity index (χ3v) is 10.5. The Morgan fingerprint density at radius 1 is 0.525 bits per heavy atom. The van der Waals surface area contributed by atoms with Crippen LogP contribution in [0.1, 0.15) is 55.4 Å². The van der Waals surface area contributed by atoms with Crippen LogP contribution in [0.2, 0.25) is 0 Å². The average Bonchev–Trinajstić information content (AvgIpc) is 3.30. The molecule has 4 N–H and O–H groups in total. The fraction of sp³-hybridized carbons (Fsp3) is 0.600. The number of halogens is 4. The Kier molecular flexibility index (Phi) is 11.8. The molecule has 0 unspecified atom stereocenters. The van der Waals surface area contributed by atoms with Gasteiger partial charge in [0.1, 0.15) is 22.2 Å². The molecule has 0 aromatic heterocycles. The van der Waals surface area contributed by atoms with Gasteiger partial charge in [-0.05, 0) is 55.4 Å². The summed E-state index contributed by atoms with van der Waals surface area (Å²) in [6, 6.07) is -1.35. The molecular formula is C20H28I4N8O8. The van der Waals surface area contributed by atoms with Gasteiger partial charge in [0.05, 0.1) is 91.5 Å². The number of imide groups is 4. The Balaban J connectivity index is 0.000000267. The highest BCUT2D eigenvalue weighted by atomic mass is 127. The van der Waals surface area contributed by atoms with Crippen LogP contribution in [0, 0.1) is 0 Å². The summed E-state index contributed by atoms with van der Waals surface area (Å²) in [5, 5.41) is 9.28. The summed E-state index contributed by atoms with van der Waals surface area (Å²) in [6.07, 6.45) is 0. The van der Waals surface area contributed by atoms with Crippen molar-refractivity contribution in [1.82, 2.24) is 33.7 Å². The van der Waals surface area contributed by atoms with Crippen LogP contribution in [-0.4, -0.2) is 82.4 Å². The van der Waals surface area contributed by atoms with E-state index < -0.39 is 28.2 Å². The standard InChI is InChI=1S/C5H6I2N2O2.2C5H7IN2O2.C5H8N2O2/c1-5(2)3(10)8(6)4(11)9(5)7;1-5(2)3(9)8(6)4(10)7-5;1-5(2)3(9)7-4(10)8(5)6;1-5(2)3(8)6-4(9)7-5/h1-2H3;1-2H3,(H,7,10);1-2H3,(H,7,9,10);1-2H3,(H2,6,7,8,9). The highest BCUT2D eigenvalue weighted by Crippen LogP contribution is 2.32. The molecule has 0 aliphatic carbocycles. The van der Waals surface area contributed by atoms with Crippen LogP contribution in [0.3, 0.4) is 0 Å². The molecular weight excluding hydrogens is 988 g/mol. The highest BCUT2D eigenvalue weighted by molar-refractivity contribution is 14.1. The van der Waals surface area contributed by atoms with E-state index in [9.17, 15) is 38.4 Å². The van der Waals surface area contributed by atoms with Crippen molar-refractivity contribution in [3.63, 3.8) is 0 Å². The summed E-state index contributed by atoms with van der Waals surface area (Å²) in [4.78, 5) is 87.2. The van der Waals surface area contributed by atoms with E-state index in [-0.39, 0.29) is 41.7 Å². The van der Waals surface area contributed by atoms with Gasteiger partial charge in [0, 0.05) is 0 Å². The Morgan fingerprint density at radius 2 is 1.02 bits per heavy atom. The molecule has 0 aromatic rings. The minimum absolute atomic E-state index is 0.169. The van der Waals surface area contributed by atoms with E-state index >= 15 is 0 Å². The highest BCUT2D eigenvalue weighted by Gasteiger charge is 2.50. The third kappa shape index (κ3) is 7.94. The van der Waals surface area contributed by atoms with Gasteiger partial charge in [0.25, 0.3) is 23.6 Å². The largest absolute Gasteiger partial charge is 0.345 e. The van der Waals surface area contributed by atoms with Crippen molar-refractivity contribution >= 4 is 139 Å². The molecule has 0 radical (unpaired) electrons. The second kappa shape index (κ2) is 12.9. The van der Waals surface area contributed by atoms with Crippen LogP contribution < -0.4 is 21.3 Å². The molecule has 0 saturated carbocycles. The molecule has 4 heterocycles. The molecule has 20 heteroatoms. The van der Waals surface area contributed by atoms with Crippen LogP contribution >= 0.6 is 91.5 Å². The van der Waals surface area contributed by atoms with Crippen molar-refractivity contribution in [1.29, 1.82) is 0 Å². The fourth-order valence-corrected chi connectivity index (χ4v) is 5.41. The van der Waals surface area contributed by atoms with E-state index in [2.05, 4.69) is 21.3 Å². The summed E-state index contributed by atoms with van der Waals surface area (Å²) >= 11 is 7.06. The van der Waals surface area contributed by atoms with Gasteiger partial charge < -0.3 is 10.6 Å². The number of nitrogens with one attached hydrogen (secondary N) is 4. The topological polar surface area (TPSA) is 198 Å². The van der Waals surface area contributed by atoms with Crippen molar-refractivity contribution in [3.8, 4) is 0 Å². The lowest BCUT2D eigenvalue weighted by Gasteiger charge is -2.19. The molecule has 0 atom stereocenters. The van der Waals surface area contributed by atoms with Gasteiger partial charge in [0.15, 0.2) is 0 Å². The van der Waals surface area contributed by atoms with E-state index in [4.69, 9.17) is 0 Å². The zero-order valence-electron chi connectivity index (χ0n) is 22.6. The molecule has 4 aliphatic rings. The molecule has 0 bridgehead atoms. The molecule has 12 amide bonds. The van der Waals surface area contributed by atoms with Crippen LogP contribution in [-0.2, 0) is 19.2 Å². The number of hydrogen-bond donors (Lipinski definition) is 4. The van der Waals surface area contributed by atoms with Gasteiger partial charge in [-0.15, -0.1) is 0 Å². The lowest BCUT2D eigenvalue weighted by Crippen LogP contribution is -2.39. The average molecular weight is 1020 g/mol. The summed E-state index contributed by atoms with van der Waals surface area (Å²) in [6.45, 7) is 13.5. The molecule has 4 aliphatic heterocycles. The normalized spacial score (nSPS) is 23.3. The Hall–Kier alpha value is -1.32. The fourth-order valence-electron chi connectivity index (χ4n) is 2.71. The van der Waals surface area contributed by atoms with Crippen LogP contribution in [0.15, 0.2) is 0 Å². The summed E-state index contributed by atoms with van der Waals surface area (Å²) in [5.41, 5.74) is -2.84. The van der Waals surface area contributed by atoms with Gasteiger partial charge >= 0.3 is 24.1 Å². The zero-order chi connectivity index (χ0) is 31.8. The van der Waals surface area contributed by atoms with Gasteiger partial charge in [-0.1, -0.05) is 0 Å². The van der Waals surface area contributed by atoms with E-state index in [0.29, 0.717) is 0 Å². The number of urea groups is 4. The Labute approximate surface area is 286 Å². The quantitative estimate of drug-likeness (QED) is 0.162. The number of hydrogen-bond acceptors (Lipinski definition) is 8. The predicted molar refractivity (Wildman–Crippen MR) is 174 cm³/mol. The molecule has 4 fully saturated rings. The van der Waals surface area contributed by atoms with E-state index in [0.717, 1.165) is 6.23 Å². The maximum absolute atomic E-state index is 11.3. The Bertz CT molecular complexity index is 1160. The van der Waals surface area contributed by atoms with E-state index in [1.54, 1.807) is 101 Å². The van der Waals surface area contributed by atoms with Gasteiger partial charge in [0.2, 0.25) is 0 Å². The lowest BCUT2D eigenvalue weighted by molar-refractivity contribution is -0.127. The zero-order valence-corrected chi connectivity index (χ0v) is 31.2. The first-order valence-corrected chi connectivity index (χ1v) is 15.0. The molecule has 4 saturated heterocycles. The summed E-state index contributed by atoms with van der Waals surface area (Å²) < 4.78 is 4.91. The second-order valence-electron chi connectivity index (χ2n) is 10.5. The van der Waals surface area contributed by atoms with Gasteiger partial charge in [-0.3, -0.25) is 36.0 Å². The minimum Gasteiger partial charge on any atom is -0.324 e. The van der Waals surface area contributed by atoms with Crippen LogP contribution in [0.25, 0.3) is 0 Å². The first-order chi connectivity index (χ1) is 17.8. The Morgan fingerprint density at radius 3 is 1.12 bits per heavy atom. The van der Waals surface area contributed by atoms with Crippen LogP contribution in [0.4, 0.5) is 19.2 Å². The second-order valence-corrected chi connectivity index (χ2v) is 14.3. The number of nitrogens with zero attached hydrogens (tertiary/aromatic N) is 4. The molecule has 0 spiro atoms. The summed E-state index contributed by atoms with van der Waals surface area (Å²) in [7, 11) is 0. The maximum Gasteiger partial charge on any atom is 0.345 e. The van der Waals surface area contributed by atoms with Crippen molar-refractivity contribution in [2.45, 2.75) is 77.5 Å². The first-order valence-electron chi connectivity index (χ1n) is 11.1. The molecule has 4 rings (SSSR count). The lowest BCUT2D eigenvalue weighted by atomic mass is 10.1. The number of carbonyl (C=O) groups is 8. The van der Waals surface area contributed by atoms with Crippen LogP contribution in [0.5, 0.6) is 0 Å². The summed E-state index contributed by atoms with van der Waals surface area (Å²) in [5.74, 6) is -0.880. The first kappa shape index (κ1) is 36.7. The van der Waals surface area contributed by atoms with Gasteiger partial charge in [-0.25, -0.2) is 22.3 Å². The smallest absolute Gasteiger partial charge is 0.324 e. The minimum atomic E-state index is -0.725. The van der Waals surface area contributed by atoms with E-state index in [1.165, 1.54) is 6.23 Å². The van der Waals surface area contributed by atoms with Crippen molar-refractivity contribution in [2.24, 2.45) is 0 Å². The molecule has 40 heavy (non-hydrogen) atoms. The third-order valence-electron chi connectivity index (χ3n) is 5.51. The maximum atomic E-state index is 11.3.